The molecule has 0 aliphatic rings. The molecule has 0 aliphatic carbocycles. The lowest BCUT2D eigenvalue weighted by atomic mass is 9.94. The highest BCUT2D eigenvalue weighted by Crippen LogP contribution is 2.16. The smallest absolute Gasteiger partial charge is 0.233 e. The predicted octanol–water partition coefficient (Wildman–Crippen LogP) is 1.34. The fourth-order valence-corrected chi connectivity index (χ4v) is 0.983. The van der Waals surface area contributed by atoms with Crippen LogP contribution in [0.5, 0.6) is 0 Å². The molecule has 0 bridgehead atoms. The zero-order valence-corrected chi connectivity index (χ0v) is 7.29. The molecule has 0 spiro atoms. The molecule has 0 saturated heterocycles. The van der Waals surface area contributed by atoms with Crippen molar-refractivity contribution >= 4 is 6.29 Å². The number of benzene rings is 1. The number of hydrogen-bond donors (Lipinski definition) is 1. The van der Waals surface area contributed by atoms with Gasteiger partial charge in [0, 0.05) is 11.1 Å². The van der Waals surface area contributed by atoms with Gasteiger partial charge < -0.3 is 5.73 Å². The monoisotopic (exact) mass is 162 g/mol. The SMILES string of the molecule is CC(C)(N)c1cccc([C]=O)c1. The molecule has 0 atom stereocenters. The Labute approximate surface area is 72.4 Å². The van der Waals surface area contributed by atoms with E-state index in [-0.39, 0.29) is 0 Å². The third-order valence-electron chi connectivity index (χ3n) is 1.72. The van der Waals surface area contributed by atoms with Crippen LogP contribution in [0.3, 0.4) is 0 Å². The van der Waals surface area contributed by atoms with Gasteiger partial charge in [-0.25, -0.2) is 0 Å². The first-order chi connectivity index (χ1) is 5.54. The van der Waals surface area contributed by atoms with Crippen molar-refractivity contribution in [1.82, 2.24) is 0 Å². The highest BCUT2D eigenvalue weighted by atomic mass is 16.1. The van der Waals surface area contributed by atoms with Crippen molar-refractivity contribution < 1.29 is 4.79 Å². The first kappa shape index (κ1) is 8.94. The van der Waals surface area contributed by atoms with Crippen molar-refractivity contribution in [3.8, 4) is 0 Å². The van der Waals surface area contributed by atoms with Gasteiger partial charge in [0.2, 0.25) is 6.29 Å². The zero-order chi connectivity index (χ0) is 9.19. The molecule has 63 valence electrons. The number of carbonyl (C=O) groups excluding carboxylic acids is 1. The minimum absolute atomic E-state index is 0.396. The van der Waals surface area contributed by atoms with E-state index in [0.717, 1.165) is 5.56 Å². The average molecular weight is 162 g/mol. The summed E-state index contributed by atoms with van der Waals surface area (Å²) in [5, 5.41) is 0. The summed E-state index contributed by atoms with van der Waals surface area (Å²) in [6.45, 7) is 3.80. The summed E-state index contributed by atoms with van der Waals surface area (Å²) in [5.41, 5.74) is 6.95. The second-order valence-electron chi connectivity index (χ2n) is 3.40. The van der Waals surface area contributed by atoms with E-state index in [1.807, 2.05) is 32.3 Å². The van der Waals surface area contributed by atoms with Gasteiger partial charge in [-0.05, 0) is 25.5 Å². The van der Waals surface area contributed by atoms with Gasteiger partial charge in [-0.2, -0.15) is 0 Å². The summed E-state index contributed by atoms with van der Waals surface area (Å²) in [5.74, 6) is 0. The molecular formula is C10H12NO. The summed E-state index contributed by atoms with van der Waals surface area (Å²) in [7, 11) is 0. The van der Waals surface area contributed by atoms with Gasteiger partial charge >= 0.3 is 0 Å². The predicted molar refractivity (Wildman–Crippen MR) is 48.5 cm³/mol. The maximum absolute atomic E-state index is 10.3. The van der Waals surface area contributed by atoms with Crippen LogP contribution in [0.15, 0.2) is 24.3 Å². The Hall–Kier alpha value is -1.15. The normalized spacial score (nSPS) is 11.2. The molecule has 0 amide bonds. The lowest BCUT2D eigenvalue weighted by molar-refractivity contribution is 0.552. The minimum atomic E-state index is -0.396. The van der Waals surface area contributed by atoms with Crippen LogP contribution in [-0.2, 0) is 10.3 Å². The van der Waals surface area contributed by atoms with Gasteiger partial charge in [0.15, 0.2) is 0 Å². The number of hydrogen-bond acceptors (Lipinski definition) is 2. The van der Waals surface area contributed by atoms with E-state index in [4.69, 9.17) is 5.73 Å². The summed E-state index contributed by atoms with van der Waals surface area (Å²) in [6.07, 6.45) is 1.83. The Kier molecular flexibility index (Phi) is 2.29. The topological polar surface area (TPSA) is 43.1 Å². The second-order valence-corrected chi connectivity index (χ2v) is 3.40. The maximum Gasteiger partial charge on any atom is 0.233 e. The molecule has 2 nitrogen and oxygen atoms in total. The van der Waals surface area contributed by atoms with Crippen molar-refractivity contribution in [3.63, 3.8) is 0 Å². The Bertz CT molecular complexity index is 286. The first-order valence-electron chi connectivity index (χ1n) is 3.81. The molecule has 0 unspecified atom stereocenters. The Morgan fingerprint density at radius 2 is 2.08 bits per heavy atom. The summed E-state index contributed by atoms with van der Waals surface area (Å²) in [4.78, 5) is 10.3. The van der Waals surface area contributed by atoms with E-state index in [2.05, 4.69) is 0 Å². The van der Waals surface area contributed by atoms with Crippen LogP contribution in [0, 0.1) is 0 Å². The second kappa shape index (κ2) is 3.07. The van der Waals surface area contributed by atoms with E-state index in [9.17, 15) is 4.79 Å². The molecule has 0 heterocycles. The van der Waals surface area contributed by atoms with Crippen LogP contribution in [-0.4, -0.2) is 6.29 Å². The molecule has 2 N–H and O–H groups in total. The van der Waals surface area contributed by atoms with Crippen LogP contribution in [0.25, 0.3) is 0 Å². The molecule has 0 aliphatic heterocycles. The molecule has 1 aromatic carbocycles. The van der Waals surface area contributed by atoms with Crippen LogP contribution in [0.4, 0.5) is 0 Å². The Morgan fingerprint density at radius 1 is 1.42 bits per heavy atom. The van der Waals surface area contributed by atoms with E-state index in [0.29, 0.717) is 5.56 Å². The third-order valence-corrected chi connectivity index (χ3v) is 1.72. The standard InChI is InChI=1S/C10H12NO/c1-10(2,11)9-5-3-4-8(6-9)7-12/h3-6H,11H2,1-2H3. The van der Waals surface area contributed by atoms with Gasteiger partial charge in [-0.15, -0.1) is 0 Å². The molecule has 1 aromatic rings. The minimum Gasteiger partial charge on any atom is -0.322 e. The first-order valence-corrected chi connectivity index (χ1v) is 3.81. The van der Waals surface area contributed by atoms with Crippen molar-refractivity contribution in [2.45, 2.75) is 19.4 Å². The highest BCUT2D eigenvalue weighted by Gasteiger charge is 2.13. The highest BCUT2D eigenvalue weighted by molar-refractivity contribution is 5.75. The summed E-state index contributed by atoms with van der Waals surface area (Å²) in [6, 6.07) is 7.18. The van der Waals surface area contributed by atoms with Crippen LogP contribution in [0.2, 0.25) is 0 Å². The van der Waals surface area contributed by atoms with Crippen LogP contribution >= 0.6 is 0 Å². The van der Waals surface area contributed by atoms with E-state index in [1.165, 1.54) is 0 Å². The third kappa shape index (κ3) is 1.92. The lowest BCUT2D eigenvalue weighted by Crippen LogP contribution is -2.28. The Morgan fingerprint density at radius 3 is 2.58 bits per heavy atom. The fraction of sp³-hybridized carbons (Fsp3) is 0.300. The number of rotatable bonds is 2. The summed E-state index contributed by atoms with van der Waals surface area (Å²) < 4.78 is 0. The van der Waals surface area contributed by atoms with Gasteiger partial charge in [0.25, 0.3) is 0 Å². The average Bonchev–Trinajstić information content (AvgIpc) is 2.03. The van der Waals surface area contributed by atoms with Crippen molar-refractivity contribution in [1.29, 1.82) is 0 Å². The molecule has 1 radical (unpaired) electrons. The lowest BCUT2D eigenvalue weighted by Gasteiger charge is -2.18. The molecule has 12 heavy (non-hydrogen) atoms. The number of nitrogens with two attached hydrogens (primary N) is 1. The largest absolute Gasteiger partial charge is 0.322 e. The zero-order valence-electron chi connectivity index (χ0n) is 7.29. The van der Waals surface area contributed by atoms with E-state index in [1.54, 1.807) is 12.1 Å². The van der Waals surface area contributed by atoms with Crippen LogP contribution < -0.4 is 5.73 Å². The molecule has 0 aromatic heterocycles. The quantitative estimate of drug-likeness (QED) is 0.713. The van der Waals surface area contributed by atoms with Crippen molar-refractivity contribution in [2.75, 3.05) is 0 Å². The molecule has 0 saturated carbocycles. The molecule has 0 fully saturated rings. The molecule has 1 rings (SSSR count). The van der Waals surface area contributed by atoms with Gasteiger partial charge in [-0.3, -0.25) is 4.79 Å². The van der Waals surface area contributed by atoms with E-state index >= 15 is 0 Å². The summed E-state index contributed by atoms with van der Waals surface area (Å²) >= 11 is 0. The van der Waals surface area contributed by atoms with E-state index < -0.39 is 5.54 Å². The molecular weight excluding hydrogens is 150 g/mol. The van der Waals surface area contributed by atoms with Gasteiger partial charge in [-0.1, -0.05) is 18.2 Å². The van der Waals surface area contributed by atoms with Crippen LogP contribution in [0.1, 0.15) is 25.0 Å². The van der Waals surface area contributed by atoms with Gasteiger partial charge in [0.1, 0.15) is 0 Å². The molecule has 2 heteroatoms. The van der Waals surface area contributed by atoms with Crippen molar-refractivity contribution in [3.05, 3.63) is 35.4 Å². The fourth-order valence-electron chi connectivity index (χ4n) is 0.983. The van der Waals surface area contributed by atoms with Gasteiger partial charge in [0.05, 0.1) is 0 Å². The maximum atomic E-state index is 10.3. The Balaban J connectivity index is 3.10. The van der Waals surface area contributed by atoms with Crippen molar-refractivity contribution in [2.24, 2.45) is 5.73 Å².